The molecule has 1 aromatic rings. The molecule has 6 nitrogen and oxygen atoms in total. The maximum absolute atomic E-state index is 11.8. The largest absolute Gasteiger partial charge is 0.481 e. The van der Waals surface area contributed by atoms with Crippen LogP contribution in [-0.2, 0) is 9.59 Å². The maximum atomic E-state index is 11.8. The van der Waals surface area contributed by atoms with Crippen LogP contribution >= 0.6 is 0 Å². The number of carbonyl (C=O) groups is 2. The number of pyridine rings is 1. The number of hydrogen-bond donors (Lipinski definition) is 2. The van der Waals surface area contributed by atoms with E-state index in [1.165, 1.54) is 4.90 Å². The number of hydrogen-bond acceptors (Lipinski definition) is 4. The van der Waals surface area contributed by atoms with Gasteiger partial charge in [0.05, 0.1) is 11.6 Å². The van der Waals surface area contributed by atoms with Gasteiger partial charge in [-0.2, -0.15) is 0 Å². The Morgan fingerprint density at radius 3 is 2.88 bits per heavy atom. The molecule has 0 aliphatic carbocycles. The first-order valence-corrected chi connectivity index (χ1v) is 5.25. The number of nitrogens with two attached hydrogens (primary N) is 1. The molecule has 3 N–H and O–H groups in total. The summed E-state index contributed by atoms with van der Waals surface area (Å²) in [6.45, 7) is 1.97. The highest BCUT2D eigenvalue weighted by Gasteiger charge is 2.36. The highest BCUT2D eigenvalue weighted by Crippen LogP contribution is 2.31. The minimum Gasteiger partial charge on any atom is -0.481 e. The van der Waals surface area contributed by atoms with E-state index in [0.29, 0.717) is 5.69 Å². The molecule has 2 heterocycles. The van der Waals surface area contributed by atoms with Crippen LogP contribution in [0.5, 0.6) is 0 Å². The van der Waals surface area contributed by atoms with Crippen LogP contribution in [0.2, 0.25) is 0 Å². The minimum atomic E-state index is -0.957. The normalized spacial score (nSPS) is 19.7. The summed E-state index contributed by atoms with van der Waals surface area (Å²) in [5.41, 5.74) is 7.08. The van der Waals surface area contributed by atoms with Crippen molar-refractivity contribution in [1.29, 1.82) is 0 Å². The van der Waals surface area contributed by atoms with Gasteiger partial charge in [-0.3, -0.25) is 9.59 Å². The Bertz CT molecular complexity index is 467. The highest BCUT2D eigenvalue weighted by molar-refractivity contribution is 6.01. The van der Waals surface area contributed by atoms with Crippen molar-refractivity contribution in [3.8, 4) is 0 Å². The Labute approximate surface area is 98.1 Å². The second-order valence-corrected chi connectivity index (χ2v) is 4.11. The first-order chi connectivity index (χ1) is 8.00. The zero-order valence-electron chi connectivity index (χ0n) is 9.38. The van der Waals surface area contributed by atoms with Gasteiger partial charge in [-0.15, -0.1) is 0 Å². The molecule has 1 fully saturated rings. The van der Waals surface area contributed by atoms with Crippen LogP contribution in [0.4, 0.5) is 11.5 Å². The summed E-state index contributed by atoms with van der Waals surface area (Å²) in [6.07, 6.45) is 1.58. The van der Waals surface area contributed by atoms with Gasteiger partial charge in [0, 0.05) is 19.2 Å². The molecule has 1 saturated heterocycles. The Morgan fingerprint density at radius 2 is 2.35 bits per heavy atom. The number of aliphatic carboxylic acids is 1. The Hall–Kier alpha value is -2.11. The lowest BCUT2D eigenvalue weighted by Gasteiger charge is -2.19. The molecule has 1 amide bonds. The predicted octanol–water partition coefficient (Wildman–Crippen LogP) is 0.410. The quantitative estimate of drug-likeness (QED) is 0.773. The van der Waals surface area contributed by atoms with Crippen LogP contribution in [0.3, 0.4) is 0 Å². The molecule has 1 unspecified atom stereocenters. The van der Waals surface area contributed by atoms with E-state index in [4.69, 9.17) is 10.8 Å². The minimum absolute atomic E-state index is 0.0170. The van der Waals surface area contributed by atoms with Gasteiger partial charge in [0.15, 0.2) is 0 Å². The maximum Gasteiger partial charge on any atom is 0.308 e. The number of rotatable bonds is 2. The number of carboxylic acids is 1. The molecule has 0 spiro atoms. The smallest absolute Gasteiger partial charge is 0.308 e. The van der Waals surface area contributed by atoms with Gasteiger partial charge in [-0.1, -0.05) is 0 Å². The molecule has 6 heteroatoms. The second kappa shape index (κ2) is 4.04. The number of nitrogen functional groups attached to an aromatic ring is 1. The average Bonchev–Trinajstić information content (AvgIpc) is 2.61. The molecule has 1 atom stereocenters. The van der Waals surface area contributed by atoms with E-state index in [1.807, 2.05) is 6.92 Å². The Morgan fingerprint density at radius 1 is 1.65 bits per heavy atom. The molecule has 2 rings (SSSR count). The summed E-state index contributed by atoms with van der Waals surface area (Å²) in [4.78, 5) is 28.0. The second-order valence-electron chi connectivity index (χ2n) is 4.11. The van der Waals surface area contributed by atoms with Crippen LogP contribution in [0.1, 0.15) is 12.0 Å². The molecule has 0 radical (unpaired) electrons. The number of carboxylic acid groups (broad SMARTS) is 1. The Balaban J connectivity index is 2.35. The summed E-state index contributed by atoms with van der Waals surface area (Å²) < 4.78 is 0. The van der Waals surface area contributed by atoms with Crippen LogP contribution in [-0.4, -0.2) is 28.5 Å². The number of nitrogens with zero attached hydrogens (tertiary/aromatic N) is 2. The number of aryl methyl sites for hydroxylation is 1. The topological polar surface area (TPSA) is 96.5 Å². The standard InChI is InChI=1S/C11H13N3O3/c1-6-2-3-13-10(12)9(6)14-5-7(11(16)17)4-8(14)15/h2-3,7H,4-5H2,1H3,(H2,12,13)(H,16,17). The van der Waals surface area contributed by atoms with Crippen molar-refractivity contribution >= 4 is 23.4 Å². The molecule has 1 aliphatic heterocycles. The van der Waals surface area contributed by atoms with Gasteiger partial charge in [-0.05, 0) is 18.6 Å². The van der Waals surface area contributed by atoms with Gasteiger partial charge in [0.2, 0.25) is 5.91 Å². The van der Waals surface area contributed by atoms with E-state index in [1.54, 1.807) is 12.3 Å². The van der Waals surface area contributed by atoms with Crippen molar-refractivity contribution in [3.05, 3.63) is 17.8 Å². The van der Waals surface area contributed by atoms with E-state index < -0.39 is 11.9 Å². The SMILES string of the molecule is Cc1ccnc(N)c1N1CC(C(=O)O)CC1=O. The first-order valence-electron chi connectivity index (χ1n) is 5.25. The third-order valence-corrected chi connectivity index (χ3v) is 2.90. The number of anilines is 2. The predicted molar refractivity (Wildman–Crippen MR) is 61.5 cm³/mol. The van der Waals surface area contributed by atoms with Crippen molar-refractivity contribution < 1.29 is 14.7 Å². The number of amides is 1. The molecular formula is C11H13N3O3. The molecule has 1 aliphatic rings. The molecule has 90 valence electrons. The van der Waals surface area contributed by atoms with Crippen LogP contribution in [0.25, 0.3) is 0 Å². The van der Waals surface area contributed by atoms with Gasteiger partial charge in [0.25, 0.3) is 0 Å². The zero-order chi connectivity index (χ0) is 12.6. The van der Waals surface area contributed by atoms with Crippen molar-refractivity contribution in [2.24, 2.45) is 5.92 Å². The van der Waals surface area contributed by atoms with Crippen LogP contribution in [0.15, 0.2) is 12.3 Å². The fourth-order valence-corrected chi connectivity index (χ4v) is 2.01. The van der Waals surface area contributed by atoms with Crippen molar-refractivity contribution in [3.63, 3.8) is 0 Å². The number of aromatic nitrogens is 1. The van der Waals surface area contributed by atoms with Crippen LogP contribution < -0.4 is 10.6 Å². The van der Waals surface area contributed by atoms with Crippen molar-refractivity contribution in [2.45, 2.75) is 13.3 Å². The number of carbonyl (C=O) groups excluding carboxylic acids is 1. The fourth-order valence-electron chi connectivity index (χ4n) is 2.01. The van der Waals surface area contributed by atoms with E-state index >= 15 is 0 Å². The summed E-state index contributed by atoms with van der Waals surface area (Å²) >= 11 is 0. The Kier molecular flexibility index (Phi) is 2.71. The summed E-state index contributed by atoms with van der Waals surface area (Å²) in [7, 11) is 0. The van der Waals surface area contributed by atoms with Gasteiger partial charge < -0.3 is 15.7 Å². The van der Waals surface area contributed by atoms with Gasteiger partial charge >= 0.3 is 5.97 Å². The van der Waals surface area contributed by atoms with Gasteiger partial charge in [-0.25, -0.2) is 4.98 Å². The highest BCUT2D eigenvalue weighted by atomic mass is 16.4. The third kappa shape index (κ3) is 1.93. The summed E-state index contributed by atoms with van der Waals surface area (Å²) in [5.74, 6) is -1.59. The molecule has 0 bridgehead atoms. The van der Waals surface area contributed by atoms with E-state index in [9.17, 15) is 9.59 Å². The van der Waals surface area contributed by atoms with Crippen molar-refractivity contribution in [1.82, 2.24) is 4.98 Å². The van der Waals surface area contributed by atoms with Crippen LogP contribution in [0, 0.1) is 12.8 Å². The molecular weight excluding hydrogens is 222 g/mol. The summed E-state index contributed by atoms with van der Waals surface area (Å²) in [6, 6.07) is 1.74. The molecule has 1 aromatic heterocycles. The molecule has 0 saturated carbocycles. The monoisotopic (exact) mass is 235 g/mol. The first kappa shape index (κ1) is 11.4. The van der Waals surface area contributed by atoms with E-state index in [-0.39, 0.29) is 24.7 Å². The lowest BCUT2D eigenvalue weighted by Crippen LogP contribution is -2.27. The molecule has 17 heavy (non-hydrogen) atoms. The molecule has 0 aromatic carbocycles. The van der Waals surface area contributed by atoms with E-state index in [2.05, 4.69) is 4.98 Å². The summed E-state index contributed by atoms with van der Waals surface area (Å²) in [5, 5.41) is 8.91. The third-order valence-electron chi connectivity index (χ3n) is 2.90. The van der Waals surface area contributed by atoms with Crippen molar-refractivity contribution in [2.75, 3.05) is 17.2 Å². The lowest BCUT2D eigenvalue weighted by molar-refractivity contribution is -0.141. The average molecular weight is 235 g/mol. The fraction of sp³-hybridized carbons (Fsp3) is 0.364. The van der Waals surface area contributed by atoms with E-state index in [0.717, 1.165) is 5.56 Å². The lowest BCUT2D eigenvalue weighted by atomic mass is 10.1. The van der Waals surface area contributed by atoms with Gasteiger partial charge in [0.1, 0.15) is 5.82 Å². The zero-order valence-corrected chi connectivity index (χ0v) is 9.38.